The average molecular weight is 397 g/mol. The largest absolute Gasteiger partial charge is 0.493 e. The van der Waals surface area contributed by atoms with Gasteiger partial charge < -0.3 is 9.47 Å². The summed E-state index contributed by atoms with van der Waals surface area (Å²) in [6.45, 7) is 0. The van der Waals surface area contributed by atoms with Crippen molar-refractivity contribution >= 4 is 22.5 Å². The first-order valence-electron chi connectivity index (χ1n) is 9.73. The van der Waals surface area contributed by atoms with Gasteiger partial charge >= 0.3 is 0 Å². The molecule has 0 radical (unpaired) electrons. The van der Waals surface area contributed by atoms with Gasteiger partial charge in [0.15, 0.2) is 22.9 Å². The van der Waals surface area contributed by atoms with Crippen molar-refractivity contribution < 1.29 is 14.3 Å². The van der Waals surface area contributed by atoms with Crippen LogP contribution in [0.3, 0.4) is 0 Å². The number of pyridine rings is 1. The van der Waals surface area contributed by atoms with Gasteiger partial charge in [0.1, 0.15) is 6.07 Å². The molecule has 0 spiro atoms. The van der Waals surface area contributed by atoms with E-state index in [-0.39, 0.29) is 11.7 Å². The number of nitriles is 1. The van der Waals surface area contributed by atoms with Crippen molar-refractivity contribution in [1.82, 2.24) is 9.38 Å². The first-order valence-corrected chi connectivity index (χ1v) is 9.73. The Morgan fingerprint density at radius 3 is 2.63 bits per heavy atom. The Bertz CT molecular complexity index is 1360. The fraction of sp³-hybridized carbons (Fsp3) is 0.208. The third-order valence-corrected chi connectivity index (χ3v) is 5.84. The van der Waals surface area contributed by atoms with Crippen LogP contribution in [0.1, 0.15) is 39.5 Å². The Hall–Kier alpha value is -3.85. The molecular formula is C24H19N3O3. The second kappa shape index (κ2) is 6.89. The first kappa shape index (κ1) is 18.2. The van der Waals surface area contributed by atoms with Gasteiger partial charge in [-0.1, -0.05) is 18.2 Å². The van der Waals surface area contributed by atoms with Crippen LogP contribution in [-0.2, 0) is 6.42 Å². The molecule has 1 unspecified atom stereocenters. The number of hydrogen-bond donors (Lipinski definition) is 0. The van der Waals surface area contributed by atoms with Crippen molar-refractivity contribution in [3.63, 3.8) is 0 Å². The van der Waals surface area contributed by atoms with Crippen LogP contribution in [0.25, 0.3) is 16.7 Å². The number of imidazole rings is 1. The molecule has 1 aliphatic carbocycles. The average Bonchev–Trinajstić information content (AvgIpc) is 3.18. The van der Waals surface area contributed by atoms with Crippen LogP contribution in [0.4, 0.5) is 0 Å². The molecule has 0 saturated heterocycles. The summed E-state index contributed by atoms with van der Waals surface area (Å²) in [7, 11) is 3.21. The molecule has 0 fully saturated rings. The molecule has 6 heteroatoms. The highest BCUT2D eigenvalue weighted by atomic mass is 16.5. The van der Waals surface area contributed by atoms with Crippen LogP contribution in [0.2, 0.25) is 0 Å². The summed E-state index contributed by atoms with van der Waals surface area (Å²) in [4.78, 5) is 17.8. The molecule has 2 aromatic carbocycles. The van der Waals surface area contributed by atoms with Crippen LogP contribution in [0.5, 0.6) is 11.5 Å². The van der Waals surface area contributed by atoms with E-state index in [2.05, 4.69) is 11.1 Å². The molecule has 6 nitrogen and oxygen atoms in total. The molecule has 0 saturated carbocycles. The molecule has 0 bridgehead atoms. The van der Waals surface area contributed by atoms with Gasteiger partial charge in [0.2, 0.25) is 0 Å². The van der Waals surface area contributed by atoms with Gasteiger partial charge in [-0.3, -0.25) is 9.20 Å². The lowest BCUT2D eigenvalue weighted by Gasteiger charge is -2.26. The second-order valence-corrected chi connectivity index (χ2v) is 7.43. The molecule has 5 rings (SSSR count). The Morgan fingerprint density at radius 1 is 1.07 bits per heavy atom. The zero-order chi connectivity index (χ0) is 20.8. The lowest BCUT2D eigenvalue weighted by molar-refractivity contribution is 0.0963. The quantitative estimate of drug-likeness (QED) is 0.515. The van der Waals surface area contributed by atoms with E-state index in [0.717, 1.165) is 22.3 Å². The Kier molecular flexibility index (Phi) is 4.18. The predicted molar refractivity (Wildman–Crippen MR) is 112 cm³/mol. The summed E-state index contributed by atoms with van der Waals surface area (Å²) >= 11 is 0. The number of benzene rings is 2. The maximum Gasteiger partial charge on any atom is 0.165 e. The molecule has 1 atom stereocenters. The molecule has 0 amide bonds. The fourth-order valence-corrected chi connectivity index (χ4v) is 4.40. The maximum absolute atomic E-state index is 13.1. The molecule has 2 aromatic heterocycles. The number of Topliss-reactive ketones (excluding diaryl/α,β-unsaturated/α-hetero) is 1. The van der Waals surface area contributed by atoms with E-state index in [9.17, 15) is 10.1 Å². The SMILES string of the molecule is COc1ccc(C2CC(=O)c3cc(C#N)c4nc5ccccc5n4c3C2)cc1OC. The van der Waals surface area contributed by atoms with Crippen LogP contribution < -0.4 is 9.47 Å². The van der Waals surface area contributed by atoms with Crippen LogP contribution in [0.15, 0.2) is 48.5 Å². The highest BCUT2D eigenvalue weighted by molar-refractivity contribution is 6.00. The number of nitrogens with zero attached hydrogens (tertiary/aromatic N) is 3. The lowest BCUT2D eigenvalue weighted by Crippen LogP contribution is -2.22. The minimum atomic E-state index is 0.00195. The number of ketones is 1. The van der Waals surface area contributed by atoms with E-state index in [1.165, 1.54) is 0 Å². The van der Waals surface area contributed by atoms with Gasteiger partial charge in [-0.05, 0) is 48.2 Å². The van der Waals surface area contributed by atoms with Gasteiger partial charge in [0.05, 0.1) is 30.8 Å². The third-order valence-electron chi connectivity index (χ3n) is 5.84. The Labute approximate surface area is 173 Å². The van der Waals surface area contributed by atoms with Crippen molar-refractivity contribution in [2.24, 2.45) is 0 Å². The number of aromatic nitrogens is 2. The third kappa shape index (κ3) is 2.63. The number of carbonyl (C=O) groups is 1. The number of rotatable bonds is 3. The zero-order valence-corrected chi connectivity index (χ0v) is 16.7. The predicted octanol–water partition coefficient (Wildman–Crippen LogP) is 4.29. The summed E-state index contributed by atoms with van der Waals surface area (Å²) in [6, 6.07) is 17.5. The lowest BCUT2D eigenvalue weighted by atomic mass is 9.81. The van der Waals surface area contributed by atoms with Crippen molar-refractivity contribution in [3.05, 3.63) is 70.9 Å². The highest BCUT2D eigenvalue weighted by Crippen LogP contribution is 2.38. The molecule has 0 aliphatic heterocycles. The topological polar surface area (TPSA) is 76.6 Å². The monoisotopic (exact) mass is 397 g/mol. The van der Waals surface area contributed by atoms with E-state index >= 15 is 0 Å². The maximum atomic E-state index is 13.1. The molecule has 0 N–H and O–H groups in total. The first-order chi connectivity index (χ1) is 14.6. The molecule has 1 aliphatic rings. The summed E-state index contributed by atoms with van der Waals surface area (Å²) in [5, 5.41) is 9.65. The fourth-order valence-electron chi connectivity index (χ4n) is 4.40. The summed E-state index contributed by atoms with van der Waals surface area (Å²) < 4.78 is 12.8. The summed E-state index contributed by atoms with van der Waals surface area (Å²) in [5.74, 6) is 1.34. The van der Waals surface area contributed by atoms with Crippen molar-refractivity contribution in [1.29, 1.82) is 5.26 Å². The Morgan fingerprint density at radius 2 is 1.87 bits per heavy atom. The second-order valence-electron chi connectivity index (χ2n) is 7.43. The number of ether oxygens (including phenoxy) is 2. The number of carbonyl (C=O) groups excluding carboxylic acids is 1. The molecule has 4 aromatic rings. The summed E-state index contributed by atoms with van der Waals surface area (Å²) in [5.41, 5.74) is 5.26. The molecular weight excluding hydrogens is 378 g/mol. The van der Waals surface area contributed by atoms with Crippen LogP contribution >= 0.6 is 0 Å². The minimum Gasteiger partial charge on any atom is -0.493 e. The van der Waals surface area contributed by atoms with E-state index in [1.54, 1.807) is 20.3 Å². The standard InChI is InChI=1S/C24H19N3O3/c1-29-22-8-7-14(12-23(22)30-2)15-10-20-17(21(28)11-15)9-16(13-25)24-26-18-5-3-4-6-19(18)27(20)24/h3-9,12,15H,10-11H2,1-2H3. The van der Waals surface area contributed by atoms with E-state index in [4.69, 9.17) is 9.47 Å². The smallest absolute Gasteiger partial charge is 0.165 e. The molecule has 148 valence electrons. The van der Waals surface area contributed by atoms with Gasteiger partial charge in [0.25, 0.3) is 0 Å². The van der Waals surface area contributed by atoms with Crippen molar-refractivity contribution in [2.45, 2.75) is 18.8 Å². The summed E-state index contributed by atoms with van der Waals surface area (Å²) in [6.07, 6.45) is 1.05. The minimum absolute atomic E-state index is 0.00195. The van der Waals surface area contributed by atoms with Gasteiger partial charge in [-0.15, -0.1) is 0 Å². The zero-order valence-electron chi connectivity index (χ0n) is 16.7. The van der Waals surface area contributed by atoms with Crippen molar-refractivity contribution in [3.8, 4) is 17.6 Å². The van der Waals surface area contributed by atoms with Gasteiger partial charge in [-0.2, -0.15) is 5.26 Å². The van der Waals surface area contributed by atoms with Gasteiger partial charge in [0, 0.05) is 17.7 Å². The van der Waals surface area contributed by atoms with Crippen molar-refractivity contribution in [2.75, 3.05) is 14.2 Å². The number of para-hydroxylation sites is 2. The molecule has 30 heavy (non-hydrogen) atoms. The van der Waals surface area contributed by atoms with Crippen LogP contribution in [0, 0.1) is 11.3 Å². The van der Waals surface area contributed by atoms with Gasteiger partial charge in [-0.25, -0.2) is 4.98 Å². The van der Waals surface area contributed by atoms with E-state index in [1.807, 2.05) is 46.9 Å². The van der Waals surface area contributed by atoms with E-state index < -0.39 is 0 Å². The van der Waals surface area contributed by atoms with E-state index in [0.29, 0.717) is 41.1 Å². The molecule has 2 heterocycles. The van der Waals surface area contributed by atoms with Crippen LogP contribution in [-0.4, -0.2) is 29.4 Å². The number of fused-ring (bicyclic) bond motifs is 5. The highest BCUT2D eigenvalue weighted by Gasteiger charge is 2.30. The normalized spacial score (nSPS) is 15.8. The Balaban J connectivity index is 1.71. The number of hydrogen-bond acceptors (Lipinski definition) is 5. The number of methoxy groups -OCH3 is 2.